The SMILES string of the molecule is CCCNC(C)C(C)N1CCn2ccnc2C1. The van der Waals surface area contributed by atoms with Crippen LogP contribution in [0.1, 0.15) is 33.0 Å². The molecule has 0 spiro atoms. The van der Waals surface area contributed by atoms with Gasteiger partial charge in [0, 0.05) is 37.6 Å². The van der Waals surface area contributed by atoms with Crippen LogP contribution in [0.25, 0.3) is 0 Å². The molecule has 1 aromatic rings. The molecule has 2 rings (SSSR count). The molecule has 0 saturated carbocycles. The van der Waals surface area contributed by atoms with Crippen LogP contribution in [-0.4, -0.2) is 39.6 Å². The summed E-state index contributed by atoms with van der Waals surface area (Å²) in [7, 11) is 0. The highest BCUT2D eigenvalue weighted by atomic mass is 15.3. The van der Waals surface area contributed by atoms with Crippen molar-refractivity contribution in [3.05, 3.63) is 18.2 Å². The van der Waals surface area contributed by atoms with E-state index in [0.29, 0.717) is 12.1 Å². The van der Waals surface area contributed by atoms with Gasteiger partial charge in [0.25, 0.3) is 0 Å². The zero-order chi connectivity index (χ0) is 12.3. The van der Waals surface area contributed by atoms with Crippen molar-refractivity contribution in [1.29, 1.82) is 0 Å². The Balaban J connectivity index is 1.91. The van der Waals surface area contributed by atoms with Gasteiger partial charge in [-0.05, 0) is 26.8 Å². The van der Waals surface area contributed by atoms with Gasteiger partial charge in [-0.2, -0.15) is 0 Å². The summed E-state index contributed by atoms with van der Waals surface area (Å²) < 4.78 is 2.26. The minimum absolute atomic E-state index is 0.538. The lowest BCUT2D eigenvalue weighted by Gasteiger charge is -2.36. The van der Waals surface area contributed by atoms with E-state index in [1.807, 2.05) is 6.20 Å². The summed E-state index contributed by atoms with van der Waals surface area (Å²) in [6, 6.07) is 1.10. The average molecular weight is 236 g/mol. The van der Waals surface area contributed by atoms with Crippen LogP contribution in [0.5, 0.6) is 0 Å². The molecule has 2 unspecified atom stereocenters. The first-order valence-corrected chi connectivity index (χ1v) is 6.69. The summed E-state index contributed by atoms with van der Waals surface area (Å²) in [5.41, 5.74) is 0. The number of rotatable bonds is 5. The molecule has 1 aromatic heterocycles. The maximum Gasteiger partial charge on any atom is 0.122 e. The Hall–Kier alpha value is -0.870. The minimum Gasteiger partial charge on any atom is -0.333 e. The van der Waals surface area contributed by atoms with E-state index in [-0.39, 0.29) is 0 Å². The fraction of sp³-hybridized carbons (Fsp3) is 0.769. The third-order valence-electron chi connectivity index (χ3n) is 3.79. The summed E-state index contributed by atoms with van der Waals surface area (Å²) in [5.74, 6) is 1.20. The monoisotopic (exact) mass is 236 g/mol. The van der Waals surface area contributed by atoms with Crippen molar-refractivity contribution in [3.8, 4) is 0 Å². The van der Waals surface area contributed by atoms with Crippen LogP contribution < -0.4 is 5.32 Å². The second kappa shape index (κ2) is 5.65. The minimum atomic E-state index is 0.538. The molecule has 0 fully saturated rings. The molecule has 4 heteroatoms. The molecule has 0 aliphatic carbocycles. The molecule has 1 aliphatic rings. The largest absolute Gasteiger partial charge is 0.333 e. The van der Waals surface area contributed by atoms with Crippen LogP contribution in [0.15, 0.2) is 12.4 Å². The lowest BCUT2D eigenvalue weighted by molar-refractivity contribution is 0.136. The smallest absolute Gasteiger partial charge is 0.122 e. The number of nitrogens with zero attached hydrogens (tertiary/aromatic N) is 3. The third kappa shape index (κ3) is 2.87. The van der Waals surface area contributed by atoms with Gasteiger partial charge in [0.1, 0.15) is 5.82 Å². The van der Waals surface area contributed by atoms with Gasteiger partial charge >= 0.3 is 0 Å². The quantitative estimate of drug-likeness (QED) is 0.840. The van der Waals surface area contributed by atoms with E-state index in [9.17, 15) is 0 Å². The first-order chi connectivity index (χ1) is 8.22. The van der Waals surface area contributed by atoms with Crippen LogP contribution in [0.3, 0.4) is 0 Å². The van der Waals surface area contributed by atoms with Crippen molar-refractivity contribution in [2.75, 3.05) is 13.1 Å². The molecule has 0 radical (unpaired) electrons. The van der Waals surface area contributed by atoms with Crippen molar-refractivity contribution in [2.24, 2.45) is 0 Å². The van der Waals surface area contributed by atoms with E-state index in [0.717, 1.165) is 26.2 Å². The van der Waals surface area contributed by atoms with Gasteiger partial charge in [-0.25, -0.2) is 4.98 Å². The molecular weight excluding hydrogens is 212 g/mol. The highest BCUT2D eigenvalue weighted by molar-refractivity contribution is 4.97. The molecule has 2 heterocycles. The van der Waals surface area contributed by atoms with Gasteiger partial charge in [0.05, 0.1) is 6.54 Å². The number of aromatic nitrogens is 2. The highest BCUT2D eigenvalue weighted by Crippen LogP contribution is 2.14. The van der Waals surface area contributed by atoms with Crippen LogP contribution >= 0.6 is 0 Å². The summed E-state index contributed by atoms with van der Waals surface area (Å²) >= 11 is 0. The van der Waals surface area contributed by atoms with Crippen LogP contribution in [0.2, 0.25) is 0 Å². The average Bonchev–Trinajstić information content (AvgIpc) is 2.81. The molecule has 0 bridgehead atoms. The van der Waals surface area contributed by atoms with Crippen molar-refractivity contribution in [1.82, 2.24) is 19.8 Å². The second-order valence-electron chi connectivity index (χ2n) is 4.99. The molecule has 2 atom stereocenters. The number of nitrogens with one attached hydrogen (secondary N) is 1. The van der Waals surface area contributed by atoms with Gasteiger partial charge in [0.2, 0.25) is 0 Å². The Morgan fingerprint density at radius 3 is 3.00 bits per heavy atom. The Labute approximate surface area is 104 Å². The lowest BCUT2D eigenvalue weighted by atomic mass is 10.1. The Morgan fingerprint density at radius 1 is 1.41 bits per heavy atom. The predicted octanol–water partition coefficient (Wildman–Crippen LogP) is 1.48. The standard InChI is InChI=1S/C13H24N4/c1-4-5-14-11(2)12(3)17-9-8-16-7-6-15-13(16)10-17/h6-7,11-12,14H,4-5,8-10H2,1-3H3. The molecule has 96 valence electrons. The lowest BCUT2D eigenvalue weighted by Crippen LogP contribution is -2.49. The maximum absolute atomic E-state index is 4.41. The van der Waals surface area contributed by atoms with E-state index in [2.05, 4.69) is 46.7 Å². The van der Waals surface area contributed by atoms with Crippen LogP contribution in [0.4, 0.5) is 0 Å². The number of hydrogen-bond acceptors (Lipinski definition) is 3. The van der Waals surface area contributed by atoms with Gasteiger partial charge < -0.3 is 9.88 Å². The van der Waals surface area contributed by atoms with E-state index >= 15 is 0 Å². The molecule has 0 amide bonds. The zero-order valence-electron chi connectivity index (χ0n) is 11.2. The molecule has 17 heavy (non-hydrogen) atoms. The van der Waals surface area contributed by atoms with Crippen molar-refractivity contribution in [3.63, 3.8) is 0 Å². The van der Waals surface area contributed by atoms with Crippen molar-refractivity contribution in [2.45, 2.75) is 52.4 Å². The van der Waals surface area contributed by atoms with E-state index in [4.69, 9.17) is 0 Å². The first-order valence-electron chi connectivity index (χ1n) is 6.69. The van der Waals surface area contributed by atoms with Gasteiger partial charge in [-0.15, -0.1) is 0 Å². The molecule has 1 N–H and O–H groups in total. The summed E-state index contributed by atoms with van der Waals surface area (Å²) in [4.78, 5) is 6.94. The molecule has 4 nitrogen and oxygen atoms in total. The van der Waals surface area contributed by atoms with E-state index < -0.39 is 0 Å². The maximum atomic E-state index is 4.41. The zero-order valence-corrected chi connectivity index (χ0v) is 11.2. The molecule has 0 aromatic carbocycles. The number of fused-ring (bicyclic) bond motifs is 1. The second-order valence-corrected chi connectivity index (χ2v) is 4.99. The number of imidazole rings is 1. The highest BCUT2D eigenvalue weighted by Gasteiger charge is 2.24. The van der Waals surface area contributed by atoms with E-state index in [1.54, 1.807) is 0 Å². The topological polar surface area (TPSA) is 33.1 Å². The van der Waals surface area contributed by atoms with Gasteiger partial charge in [0.15, 0.2) is 0 Å². The first kappa shape index (κ1) is 12.6. The fourth-order valence-corrected chi connectivity index (χ4v) is 2.40. The van der Waals surface area contributed by atoms with Crippen LogP contribution in [-0.2, 0) is 13.1 Å². The Bertz CT molecular complexity index is 347. The Morgan fingerprint density at radius 2 is 2.24 bits per heavy atom. The third-order valence-corrected chi connectivity index (χ3v) is 3.79. The molecule has 0 saturated heterocycles. The van der Waals surface area contributed by atoms with E-state index in [1.165, 1.54) is 12.2 Å². The summed E-state index contributed by atoms with van der Waals surface area (Å²) in [5, 5.41) is 3.58. The Kier molecular flexibility index (Phi) is 4.18. The van der Waals surface area contributed by atoms with Gasteiger partial charge in [-0.1, -0.05) is 6.92 Å². The molecule has 1 aliphatic heterocycles. The summed E-state index contributed by atoms with van der Waals surface area (Å²) in [6.07, 6.45) is 5.18. The van der Waals surface area contributed by atoms with Crippen LogP contribution in [0, 0.1) is 0 Å². The van der Waals surface area contributed by atoms with Crippen molar-refractivity contribution < 1.29 is 0 Å². The summed E-state index contributed by atoms with van der Waals surface area (Å²) in [6.45, 7) is 11.1. The van der Waals surface area contributed by atoms with Crippen molar-refractivity contribution >= 4 is 0 Å². The predicted molar refractivity (Wildman–Crippen MR) is 69.9 cm³/mol. The molecular formula is C13H24N4. The fourth-order valence-electron chi connectivity index (χ4n) is 2.40. The normalized spacial score (nSPS) is 19.9. The van der Waals surface area contributed by atoms with Gasteiger partial charge in [-0.3, -0.25) is 4.90 Å². The number of hydrogen-bond donors (Lipinski definition) is 1.